The monoisotopic (exact) mass is 525 g/mol. The fourth-order valence-electron chi connectivity index (χ4n) is 6.57. The minimum atomic E-state index is -1.22. The van der Waals surface area contributed by atoms with Gasteiger partial charge in [0.25, 0.3) is 0 Å². The third-order valence-electron chi connectivity index (χ3n) is 7.65. The molecule has 0 aromatic heterocycles. The van der Waals surface area contributed by atoms with E-state index in [9.17, 15) is 14.7 Å². The number of imide groups is 1. The Kier molecular flexibility index (Phi) is 4.12. The summed E-state index contributed by atoms with van der Waals surface area (Å²) >= 11 is 25.1. The highest BCUT2D eigenvalue weighted by Gasteiger charge is 2.79. The number of rotatable bonds is 1. The molecule has 2 amide bonds. The topological polar surface area (TPSA) is 85.4 Å². The van der Waals surface area contributed by atoms with E-state index in [2.05, 4.69) is 10.2 Å². The Morgan fingerprint density at radius 3 is 2.42 bits per heavy atom. The standard InChI is InChI=1S/C22H15Cl4N3O4/c23-7-1-8(24)3-10(2-7)29-19(30)14-15(20(29)31)22(28-6-13-18(33-13)17(14)28)11-4-9(25)5-12(26)16(11)27-21(22)32/h1-5,13-15,17-18,21,27,32H,6H2. The number of epoxide rings is 1. The number of fused-ring (bicyclic) bond motifs is 9. The van der Waals surface area contributed by atoms with Gasteiger partial charge in [0.05, 0.1) is 40.4 Å². The van der Waals surface area contributed by atoms with Gasteiger partial charge in [-0.1, -0.05) is 46.4 Å². The van der Waals surface area contributed by atoms with E-state index in [0.29, 0.717) is 43.6 Å². The molecule has 2 N–H and O–H groups in total. The van der Waals surface area contributed by atoms with E-state index < -0.39 is 29.5 Å². The number of benzene rings is 2. The number of halogens is 4. The lowest BCUT2D eigenvalue weighted by Gasteiger charge is -2.41. The molecule has 33 heavy (non-hydrogen) atoms. The molecule has 11 heteroatoms. The van der Waals surface area contributed by atoms with Crippen molar-refractivity contribution in [1.29, 1.82) is 0 Å². The number of nitrogens with zero attached hydrogens (tertiary/aromatic N) is 2. The summed E-state index contributed by atoms with van der Waals surface area (Å²) in [4.78, 5) is 31.0. The predicted molar refractivity (Wildman–Crippen MR) is 123 cm³/mol. The molecule has 7 nitrogen and oxygen atoms in total. The molecule has 0 aliphatic carbocycles. The van der Waals surface area contributed by atoms with E-state index in [-0.39, 0.29) is 24.2 Å². The third-order valence-corrected chi connectivity index (χ3v) is 8.61. The van der Waals surface area contributed by atoms with Gasteiger partial charge >= 0.3 is 0 Å². The second-order valence-electron chi connectivity index (χ2n) is 9.11. The molecule has 5 heterocycles. The number of carbonyl (C=O) groups excluding carboxylic acids is 2. The molecule has 1 spiro atoms. The molecular formula is C22H15Cl4N3O4. The maximum atomic E-state index is 14.0. The van der Waals surface area contributed by atoms with Crippen LogP contribution in [0.4, 0.5) is 11.4 Å². The summed E-state index contributed by atoms with van der Waals surface area (Å²) < 4.78 is 5.79. The Morgan fingerprint density at radius 2 is 1.70 bits per heavy atom. The van der Waals surface area contributed by atoms with E-state index in [1.807, 2.05) is 0 Å². The molecule has 4 fully saturated rings. The summed E-state index contributed by atoms with van der Waals surface area (Å²) in [6.45, 7) is 0.494. The number of hydrogen-bond donors (Lipinski definition) is 2. The van der Waals surface area contributed by atoms with Crippen LogP contribution in [-0.2, 0) is 19.9 Å². The Labute approximate surface area is 208 Å². The van der Waals surface area contributed by atoms with Crippen LogP contribution in [0.1, 0.15) is 5.56 Å². The molecule has 7 atom stereocenters. The molecule has 7 rings (SSSR count). The summed E-state index contributed by atoms with van der Waals surface area (Å²) in [7, 11) is 0. The highest BCUT2D eigenvalue weighted by Crippen LogP contribution is 2.65. The Bertz CT molecular complexity index is 1270. The fourth-order valence-corrected chi connectivity index (χ4v) is 7.63. The number of hydrogen-bond acceptors (Lipinski definition) is 6. The molecular weight excluding hydrogens is 512 g/mol. The van der Waals surface area contributed by atoms with Crippen molar-refractivity contribution >= 4 is 69.6 Å². The van der Waals surface area contributed by atoms with Crippen molar-refractivity contribution in [3.63, 3.8) is 0 Å². The van der Waals surface area contributed by atoms with E-state index >= 15 is 0 Å². The van der Waals surface area contributed by atoms with Crippen LogP contribution >= 0.6 is 46.4 Å². The van der Waals surface area contributed by atoms with Crippen molar-refractivity contribution in [3.05, 3.63) is 56.0 Å². The summed E-state index contributed by atoms with van der Waals surface area (Å²) in [6, 6.07) is 7.53. The van der Waals surface area contributed by atoms with Crippen molar-refractivity contribution in [3.8, 4) is 0 Å². The van der Waals surface area contributed by atoms with Gasteiger partial charge in [-0.25, -0.2) is 4.90 Å². The minimum Gasteiger partial charge on any atom is -0.371 e. The highest BCUT2D eigenvalue weighted by molar-refractivity contribution is 6.37. The van der Waals surface area contributed by atoms with E-state index in [1.54, 1.807) is 12.1 Å². The first kappa shape index (κ1) is 20.8. The Balaban J connectivity index is 1.45. The van der Waals surface area contributed by atoms with Crippen molar-refractivity contribution in [2.75, 3.05) is 16.8 Å². The number of carbonyl (C=O) groups is 2. The number of morpholine rings is 1. The summed E-state index contributed by atoms with van der Waals surface area (Å²) in [5, 5.41) is 15.8. The zero-order chi connectivity index (χ0) is 23.0. The molecule has 0 radical (unpaired) electrons. The summed E-state index contributed by atoms with van der Waals surface area (Å²) in [6.07, 6.45) is -1.41. The van der Waals surface area contributed by atoms with E-state index in [1.165, 1.54) is 18.2 Å². The van der Waals surface area contributed by atoms with Crippen LogP contribution in [-0.4, -0.2) is 52.8 Å². The number of aliphatic hydroxyl groups excluding tert-OH is 1. The van der Waals surface area contributed by atoms with Crippen molar-refractivity contribution in [2.45, 2.75) is 30.0 Å². The van der Waals surface area contributed by atoms with Gasteiger partial charge in [0, 0.05) is 27.2 Å². The molecule has 2 aromatic carbocycles. The molecule has 5 aliphatic rings. The zero-order valence-corrected chi connectivity index (χ0v) is 19.7. The largest absolute Gasteiger partial charge is 0.371 e. The minimum absolute atomic E-state index is 0.0451. The number of anilines is 2. The lowest BCUT2D eigenvalue weighted by Crippen LogP contribution is -2.57. The first-order chi connectivity index (χ1) is 15.7. The van der Waals surface area contributed by atoms with E-state index in [0.717, 1.165) is 4.90 Å². The van der Waals surface area contributed by atoms with Gasteiger partial charge in [-0.2, -0.15) is 0 Å². The first-order valence-corrected chi connectivity index (χ1v) is 11.9. The maximum Gasteiger partial charge on any atom is 0.240 e. The van der Waals surface area contributed by atoms with Crippen LogP contribution in [0.2, 0.25) is 20.1 Å². The summed E-state index contributed by atoms with van der Waals surface area (Å²) in [5.74, 6) is -2.39. The van der Waals surface area contributed by atoms with Crippen molar-refractivity contribution < 1.29 is 19.4 Å². The fraction of sp³-hybridized carbons (Fsp3) is 0.364. The number of aliphatic hydroxyl groups is 1. The van der Waals surface area contributed by atoms with Crippen molar-refractivity contribution in [1.82, 2.24) is 4.90 Å². The molecule has 170 valence electrons. The van der Waals surface area contributed by atoms with Crippen LogP contribution < -0.4 is 10.2 Å². The van der Waals surface area contributed by atoms with Crippen LogP contribution in [0, 0.1) is 11.8 Å². The Morgan fingerprint density at radius 1 is 1.00 bits per heavy atom. The van der Waals surface area contributed by atoms with E-state index in [4.69, 9.17) is 51.1 Å². The second-order valence-corrected chi connectivity index (χ2v) is 10.8. The smallest absolute Gasteiger partial charge is 0.240 e. The first-order valence-electron chi connectivity index (χ1n) is 10.4. The molecule has 4 saturated heterocycles. The van der Waals surface area contributed by atoms with Gasteiger partial charge < -0.3 is 15.2 Å². The van der Waals surface area contributed by atoms with Crippen LogP contribution in [0.25, 0.3) is 0 Å². The molecule has 0 bridgehead atoms. The molecule has 5 aliphatic heterocycles. The molecule has 2 aromatic rings. The maximum absolute atomic E-state index is 14.0. The normalized spacial score (nSPS) is 37.9. The van der Waals surface area contributed by atoms with Gasteiger partial charge in [0.15, 0.2) is 0 Å². The number of amides is 2. The lowest BCUT2D eigenvalue weighted by molar-refractivity contribution is -0.128. The number of nitrogens with one attached hydrogen (secondary N) is 1. The van der Waals surface area contributed by atoms with Gasteiger partial charge in [-0.3, -0.25) is 14.5 Å². The SMILES string of the molecule is O=C1C2C3C4OC4CN3C3(c4cc(Cl)cc(Cl)c4NC3O)C2C(=O)N1c1cc(Cl)cc(Cl)c1. The van der Waals surface area contributed by atoms with Crippen LogP contribution in [0.3, 0.4) is 0 Å². The van der Waals surface area contributed by atoms with Crippen LogP contribution in [0.15, 0.2) is 30.3 Å². The predicted octanol–water partition coefficient (Wildman–Crippen LogP) is 3.51. The Hall–Kier alpha value is -1.58. The van der Waals surface area contributed by atoms with Gasteiger partial charge in [-0.05, 0) is 30.3 Å². The van der Waals surface area contributed by atoms with Crippen molar-refractivity contribution in [2.24, 2.45) is 11.8 Å². The highest BCUT2D eigenvalue weighted by atomic mass is 35.5. The molecule has 7 unspecified atom stereocenters. The second kappa shape index (κ2) is 6.55. The average molecular weight is 527 g/mol. The zero-order valence-electron chi connectivity index (χ0n) is 16.6. The third kappa shape index (κ3) is 2.44. The summed E-state index contributed by atoms with van der Waals surface area (Å²) in [5.41, 5.74) is 0.201. The van der Waals surface area contributed by atoms with Crippen LogP contribution in [0.5, 0.6) is 0 Å². The van der Waals surface area contributed by atoms with Gasteiger partial charge in [0.1, 0.15) is 17.9 Å². The number of ether oxygens (including phenoxy) is 1. The van der Waals surface area contributed by atoms with Gasteiger partial charge in [0.2, 0.25) is 11.8 Å². The van der Waals surface area contributed by atoms with Gasteiger partial charge in [-0.15, -0.1) is 0 Å². The lowest BCUT2D eigenvalue weighted by atomic mass is 9.75. The average Bonchev–Trinajstić information content (AvgIpc) is 3.02. The quantitative estimate of drug-likeness (QED) is 0.437. The molecule has 0 saturated carbocycles.